The van der Waals surface area contributed by atoms with Gasteiger partial charge in [-0.15, -0.1) is 0 Å². The number of methoxy groups -OCH3 is 1. The lowest BCUT2D eigenvalue weighted by atomic mass is 10.3. The molecule has 0 spiro atoms. The maximum absolute atomic E-state index is 7.67. The zero-order valence-corrected chi connectivity index (χ0v) is 7.53. The summed E-state index contributed by atoms with van der Waals surface area (Å²) in [7, 11) is 1.66. The van der Waals surface area contributed by atoms with Gasteiger partial charge in [-0.3, -0.25) is 0 Å². The maximum Gasteiger partial charge on any atom is 0.104 e. The molecule has 2 rings (SSSR count). The number of para-hydroxylation sites is 2. The topological polar surface area (TPSA) is 27.1 Å². The molecule has 3 nitrogen and oxygen atoms in total. The van der Waals surface area contributed by atoms with Gasteiger partial charge in [-0.1, -0.05) is 12.1 Å². The zero-order chi connectivity index (χ0) is 9.97. The maximum atomic E-state index is 7.67. The minimum Gasteiger partial charge on any atom is -0.383 e. The highest BCUT2D eigenvalue weighted by Gasteiger charge is 1.99. The van der Waals surface area contributed by atoms with Crippen LogP contribution in [-0.2, 0) is 11.3 Å². The van der Waals surface area contributed by atoms with E-state index in [9.17, 15) is 0 Å². The van der Waals surface area contributed by atoms with Crippen LogP contribution in [-0.4, -0.2) is 23.3 Å². The molecule has 0 amide bonds. The fourth-order valence-electron chi connectivity index (χ4n) is 1.31. The quantitative estimate of drug-likeness (QED) is 0.713. The van der Waals surface area contributed by atoms with Crippen molar-refractivity contribution in [2.24, 2.45) is 0 Å². The van der Waals surface area contributed by atoms with E-state index >= 15 is 0 Å². The molecule has 0 saturated carbocycles. The molecule has 0 atom stereocenters. The van der Waals surface area contributed by atoms with E-state index in [1.807, 2.05) is 28.8 Å². The number of fused-ring (bicyclic) bond motifs is 1. The SMILES string of the molecule is [2H]c1nc2ccccc2n1CCOC. The third-order valence-electron chi connectivity index (χ3n) is 1.98. The number of aromatic nitrogens is 2. The molecule has 0 aliphatic rings. The monoisotopic (exact) mass is 177 g/mol. The first-order valence-electron chi connectivity index (χ1n) is 4.73. The second kappa shape index (κ2) is 3.58. The summed E-state index contributed by atoms with van der Waals surface area (Å²) >= 11 is 0. The van der Waals surface area contributed by atoms with Gasteiger partial charge in [0.1, 0.15) is 1.37 Å². The van der Waals surface area contributed by atoms with Gasteiger partial charge in [0.15, 0.2) is 0 Å². The van der Waals surface area contributed by atoms with Crippen LogP contribution in [0.1, 0.15) is 1.37 Å². The van der Waals surface area contributed by atoms with Crippen LogP contribution < -0.4 is 0 Å². The van der Waals surface area contributed by atoms with Crippen molar-refractivity contribution < 1.29 is 6.11 Å². The molecule has 0 saturated heterocycles. The molecular weight excluding hydrogens is 164 g/mol. The number of hydrogen-bond acceptors (Lipinski definition) is 2. The Kier molecular flexibility index (Phi) is 1.95. The standard InChI is InChI=1S/C10H12N2O/c1-13-7-6-12-8-11-9-4-2-3-5-10(9)12/h2-5,8H,6-7H2,1H3/i8D. The summed E-state index contributed by atoms with van der Waals surface area (Å²) in [5.74, 6) is 0. The molecule has 1 aromatic heterocycles. The van der Waals surface area contributed by atoms with E-state index in [0.29, 0.717) is 19.5 Å². The smallest absolute Gasteiger partial charge is 0.104 e. The Morgan fingerprint density at radius 2 is 2.38 bits per heavy atom. The number of nitrogens with zero attached hydrogens (tertiary/aromatic N) is 2. The van der Waals surface area contributed by atoms with Crippen molar-refractivity contribution in [3.63, 3.8) is 0 Å². The van der Waals surface area contributed by atoms with Crippen LogP contribution in [0.3, 0.4) is 0 Å². The van der Waals surface area contributed by atoms with E-state index < -0.39 is 0 Å². The second-order valence-electron chi connectivity index (χ2n) is 2.84. The third-order valence-corrected chi connectivity index (χ3v) is 1.98. The minimum absolute atomic E-state index is 0.295. The highest BCUT2D eigenvalue weighted by Crippen LogP contribution is 2.10. The summed E-state index contributed by atoms with van der Waals surface area (Å²) in [6, 6.07) is 7.76. The van der Waals surface area contributed by atoms with Crippen LogP contribution >= 0.6 is 0 Å². The Morgan fingerprint density at radius 1 is 1.54 bits per heavy atom. The lowest BCUT2D eigenvalue weighted by molar-refractivity contribution is 0.188. The van der Waals surface area contributed by atoms with Crippen LogP contribution in [0.15, 0.2) is 30.6 Å². The predicted octanol–water partition coefficient (Wildman–Crippen LogP) is 1.68. The number of imidazole rings is 1. The number of ether oxygens (including phenoxy) is 1. The molecule has 2 aromatic rings. The Morgan fingerprint density at radius 3 is 3.23 bits per heavy atom. The molecule has 1 aromatic carbocycles. The lowest BCUT2D eigenvalue weighted by Gasteiger charge is -2.01. The van der Waals surface area contributed by atoms with Crippen molar-refractivity contribution in [3.05, 3.63) is 30.6 Å². The molecule has 0 fully saturated rings. The average Bonchev–Trinajstić information content (AvgIpc) is 2.51. The Bertz CT molecular complexity index is 439. The number of hydrogen-bond donors (Lipinski definition) is 0. The second-order valence-corrected chi connectivity index (χ2v) is 2.84. The fourth-order valence-corrected chi connectivity index (χ4v) is 1.31. The number of rotatable bonds is 3. The summed E-state index contributed by atoms with van der Waals surface area (Å²) < 4.78 is 14.5. The summed E-state index contributed by atoms with van der Waals surface area (Å²) in [5, 5.41) is 0. The van der Waals surface area contributed by atoms with Crippen molar-refractivity contribution in [3.8, 4) is 0 Å². The first-order valence-corrected chi connectivity index (χ1v) is 4.23. The van der Waals surface area contributed by atoms with Crippen LogP contribution in [0.4, 0.5) is 0 Å². The molecule has 68 valence electrons. The molecule has 0 radical (unpaired) electrons. The first-order chi connectivity index (χ1) is 6.83. The van der Waals surface area contributed by atoms with E-state index in [2.05, 4.69) is 4.98 Å². The van der Waals surface area contributed by atoms with Crippen LogP contribution in [0.2, 0.25) is 0 Å². The van der Waals surface area contributed by atoms with Crippen LogP contribution in [0.5, 0.6) is 0 Å². The summed E-state index contributed by atoms with van der Waals surface area (Å²) in [6.07, 6.45) is 0.295. The molecule has 0 aliphatic carbocycles. The molecule has 0 aliphatic heterocycles. The van der Waals surface area contributed by atoms with Gasteiger partial charge >= 0.3 is 0 Å². The van der Waals surface area contributed by atoms with Gasteiger partial charge in [-0.05, 0) is 12.1 Å². The Labute approximate surface area is 78.4 Å². The van der Waals surface area contributed by atoms with Crippen molar-refractivity contribution >= 4 is 11.0 Å². The summed E-state index contributed by atoms with van der Waals surface area (Å²) in [4.78, 5) is 4.14. The van der Waals surface area contributed by atoms with Crippen molar-refractivity contribution in [2.45, 2.75) is 6.54 Å². The van der Waals surface area contributed by atoms with E-state index in [1.54, 1.807) is 7.11 Å². The molecule has 0 bridgehead atoms. The highest BCUT2D eigenvalue weighted by atomic mass is 16.5. The Hall–Kier alpha value is -1.35. The van der Waals surface area contributed by atoms with E-state index in [1.165, 1.54) is 0 Å². The molecule has 0 unspecified atom stereocenters. The third kappa shape index (κ3) is 1.55. The fraction of sp³-hybridized carbons (Fsp3) is 0.300. The molecule has 13 heavy (non-hydrogen) atoms. The molecule has 3 heteroatoms. The van der Waals surface area contributed by atoms with Crippen LogP contribution in [0, 0.1) is 0 Å². The van der Waals surface area contributed by atoms with Gasteiger partial charge in [0.05, 0.1) is 23.9 Å². The molecular formula is C10H12N2O. The average molecular weight is 177 g/mol. The highest BCUT2D eigenvalue weighted by molar-refractivity contribution is 5.74. The lowest BCUT2D eigenvalue weighted by Crippen LogP contribution is -2.02. The number of benzene rings is 1. The summed E-state index contributed by atoms with van der Waals surface area (Å²) in [6.45, 7) is 1.28. The Balaban J connectivity index is 2.45. The van der Waals surface area contributed by atoms with Crippen LogP contribution in [0.25, 0.3) is 11.0 Å². The van der Waals surface area contributed by atoms with Gasteiger partial charge in [0.2, 0.25) is 0 Å². The zero-order valence-electron chi connectivity index (χ0n) is 8.53. The summed E-state index contributed by atoms with van der Waals surface area (Å²) in [5.41, 5.74) is 1.86. The van der Waals surface area contributed by atoms with Gasteiger partial charge in [0.25, 0.3) is 0 Å². The molecule has 1 heterocycles. The van der Waals surface area contributed by atoms with Gasteiger partial charge in [-0.25, -0.2) is 4.98 Å². The first kappa shape index (κ1) is 7.09. The normalized spacial score (nSPS) is 11.9. The predicted molar refractivity (Wildman–Crippen MR) is 51.6 cm³/mol. The van der Waals surface area contributed by atoms with E-state index in [4.69, 9.17) is 6.11 Å². The van der Waals surface area contributed by atoms with Gasteiger partial charge < -0.3 is 9.30 Å². The van der Waals surface area contributed by atoms with Gasteiger partial charge in [0, 0.05) is 13.7 Å². The van der Waals surface area contributed by atoms with Crippen molar-refractivity contribution in [1.82, 2.24) is 9.55 Å². The van der Waals surface area contributed by atoms with Crippen molar-refractivity contribution in [2.75, 3.05) is 13.7 Å². The van der Waals surface area contributed by atoms with Crippen molar-refractivity contribution in [1.29, 1.82) is 0 Å². The van der Waals surface area contributed by atoms with Gasteiger partial charge in [-0.2, -0.15) is 0 Å². The minimum atomic E-state index is 0.295. The van der Waals surface area contributed by atoms with E-state index in [-0.39, 0.29) is 0 Å². The molecule has 0 N–H and O–H groups in total. The van der Waals surface area contributed by atoms with E-state index in [0.717, 1.165) is 11.0 Å². The largest absolute Gasteiger partial charge is 0.383 e.